The number of anilines is 1. The minimum Gasteiger partial charge on any atom is -0.497 e. The van der Waals surface area contributed by atoms with E-state index in [1.807, 2.05) is 67.5 Å². The topological polar surface area (TPSA) is 83.0 Å². The van der Waals surface area contributed by atoms with Gasteiger partial charge in [0.1, 0.15) is 11.4 Å². The number of methoxy groups -OCH3 is 1. The van der Waals surface area contributed by atoms with Gasteiger partial charge in [-0.25, -0.2) is 5.43 Å². The van der Waals surface area contributed by atoms with E-state index >= 15 is 0 Å². The first-order valence-electron chi connectivity index (χ1n) is 10.3. The SMILES string of the molecule is COc1cccc(/C=N\NC(=O)/C(=C/c2ccc(N(C)C)cc2)NC(=O)c2ccccc2)c1. The molecule has 0 radical (unpaired) electrons. The second kappa shape index (κ2) is 11.3. The predicted octanol–water partition coefficient (Wildman–Crippen LogP) is 3.68. The monoisotopic (exact) mass is 442 g/mol. The molecule has 0 aliphatic rings. The van der Waals surface area contributed by atoms with Crippen molar-refractivity contribution in [3.8, 4) is 5.75 Å². The number of nitrogens with zero attached hydrogens (tertiary/aromatic N) is 2. The number of amides is 2. The van der Waals surface area contributed by atoms with Crippen molar-refractivity contribution in [2.24, 2.45) is 5.10 Å². The summed E-state index contributed by atoms with van der Waals surface area (Å²) in [6.45, 7) is 0. The van der Waals surface area contributed by atoms with Crippen LogP contribution in [0.2, 0.25) is 0 Å². The number of hydrogen-bond acceptors (Lipinski definition) is 5. The Kier molecular flexibility index (Phi) is 7.96. The highest BCUT2D eigenvalue weighted by atomic mass is 16.5. The molecule has 0 saturated carbocycles. The summed E-state index contributed by atoms with van der Waals surface area (Å²) in [4.78, 5) is 27.5. The fraction of sp³-hybridized carbons (Fsp3) is 0.115. The van der Waals surface area contributed by atoms with Crippen LogP contribution in [0.1, 0.15) is 21.5 Å². The van der Waals surface area contributed by atoms with E-state index in [9.17, 15) is 9.59 Å². The highest BCUT2D eigenvalue weighted by Crippen LogP contribution is 2.15. The Hall–Kier alpha value is -4.39. The minimum absolute atomic E-state index is 0.0734. The van der Waals surface area contributed by atoms with Crippen molar-refractivity contribution in [1.29, 1.82) is 0 Å². The Morgan fingerprint density at radius 3 is 2.30 bits per heavy atom. The molecule has 2 amide bonds. The molecular formula is C26H26N4O3. The zero-order valence-corrected chi connectivity index (χ0v) is 18.8. The number of nitrogens with one attached hydrogen (secondary N) is 2. The van der Waals surface area contributed by atoms with Gasteiger partial charge < -0.3 is 15.0 Å². The Balaban J connectivity index is 1.81. The van der Waals surface area contributed by atoms with Gasteiger partial charge in [0.05, 0.1) is 13.3 Å². The summed E-state index contributed by atoms with van der Waals surface area (Å²) in [6.07, 6.45) is 3.11. The lowest BCUT2D eigenvalue weighted by Gasteiger charge is -2.12. The van der Waals surface area contributed by atoms with Crippen LogP contribution in [-0.2, 0) is 4.79 Å². The molecule has 0 saturated heterocycles. The molecule has 0 atom stereocenters. The third-order valence-corrected chi connectivity index (χ3v) is 4.72. The predicted molar refractivity (Wildman–Crippen MR) is 131 cm³/mol. The lowest BCUT2D eigenvalue weighted by molar-refractivity contribution is -0.117. The number of carbonyl (C=O) groups is 2. The highest BCUT2D eigenvalue weighted by Gasteiger charge is 2.14. The lowest BCUT2D eigenvalue weighted by atomic mass is 10.1. The largest absolute Gasteiger partial charge is 0.497 e. The summed E-state index contributed by atoms with van der Waals surface area (Å²) in [7, 11) is 5.48. The molecule has 0 aromatic heterocycles. The number of rotatable bonds is 8. The number of hydrogen-bond donors (Lipinski definition) is 2. The quantitative estimate of drug-likeness (QED) is 0.317. The van der Waals surface area contributed by atoms with Crippen molar-refractivity contribution in [3.63, 3.8) is 0 Å². The smallest absolute Gasteiger partial charge is 0.287 e. The molecule has 33 heavy (non-hydrogen) atoms. The molecule has 7 nitrogen and oxygen atoms in total. The summed E-state index contributed by atoms with van der Waals surface area (Å²) >= 11 is 0. The highest BCUT2D eigenvalue weighted by molar-refractivity contribution is 6.05. The average Bonchev–Trinajstić information content (AvgIpc) is 2.84. The van der Waals surface area contributed by atoms with Gasteiger partial charge in [-0.15, -0.1) is 0 Å². The fourth-order valence-corrected chi connectivity index (χ4v) is 2.93. The molecule has 0 aliphatic carbocycles. The Bertz CT molecular complexity index is 1150. The van der Waals surface area contributed by atoms with E-state index in [2.05, 4.69) is 15.8 Å². The first kappa shape index (κ1) is 23.3. The summed E-state index contributed by atoms with van der Waals surface area (Å²) in [5, 5.41) is 6.71. The molecule has 0 fully saturated rings. The third-order valence-electron chi connectivity index (χ3n) is 4.72. The standard InChI is InChI=1S/C26H26N4O3/c1-30(2)22-14-12-19(13-15-22)17-24(28-25(31)21-9-5-4-6-10-21)26(32)29-27-18-20-8-7-11-23(16-20)33-3/h4-18H,1-3H3,(H,28,31)(H,29,32)/b24-17-,27-18-. The maximum atomic E-state index is 12.9. The number of carbonyl (C=O) groups excluding carboxylic acids is 2. The van der Waals surface area contributed by atoms with Crippen molar-refractivity contribution in [3.05, 3.63) is 101 Å². The maximum Gasteiger partial charge on any atom is 0.287 e. The molecule has 3 aromatic rings. The molecule has 168 valence electrons. The normalized spacial score (nSPS) is 11.2. The second-order valence-electron chi connectivity index (χ2n) is 7.34. The van der Waals surface area contributed by atoms with Crippen LogP contribution in [0.3, 0.4) is 0 Å². The molecule has 0 spiro atoms. The molecule has 0 heterocycles. The van der Waals surface area contributed by atoms with Crippen LogP contribution in [0.4, 0.5) is 5.69 Å². The van der Waals surface area contributed by atoms with Gasteiger partial charge in [0.25, 0.3) is 11.8 Å². The van der Waals surface area contributed by atoms with Gasteiger partial charge in [-0.3, -0.25) is 9.59 Å². The van der Waals surface area contributed by atoms with Crippen molar-refractivity contribution in [2.45, 2.75) is 0 Å². The number of benzene rings is 3. The van der Waals surface area contributed by atoms with Crippen LogP contribution in [-0.4, -0.2) is 39.2 Å². The van der Waals surface area contributed by atoms with E-state index in [4.69, 9.17) is 4.74 Å². The fourth-order valence-electron chi connectivity index (χ4n) is 2.93. The Labute approximate surface area is 193 Å². The number of ether oxygens (including phenoxy) is 1. The van der Waals surface area contributed by atoms with Gasteiger partial charge in [-0.1, -0.05) is 42.5 Å². The van der Waals surface area contributed by atoms with Gasteiger partial charge in [0, 0.05) is 25.3 Å². The van der Waals surface area contributed by atoms with E-state index in [0.29, 0.717) is 11.3 Å². The molecular weight excluding hydrogens is 416 g/mol. The van der Waals surface area contributed by atoms with Gasteiger partial charge >= 0.3 is 0 Å². The minimum atomic E-state index is -0.546. The van der Waals surface area contributed by atoms with Crippen molar-refractivity contribution in [1.82, 2.24) is 10.7 Å². The Morgan fingerprint density at radius 2 is 1.64 bits per heavy atom. The zero-order chi connectivity index (χ0) is 23.6. The van der Waals surface area contributed by atoms with Crippen LogP contribution in [0.5, 0.6) is 5.75 Å². The molecule has 2 N–H and O–H groups in total. The first-order valence-corrected chi connectivity index (χ1v) is 10.3. The van der Waals surface area contributed by atoms with Gasteiger partial charge in [-0.2, -0.15) is 5.10 Å². The van der Waals surface area contributed by atoms with E-state index in [-0.39, 0.29) is 5.70 Å². The van der Waals surface area contributed by atoms with Crippen molar-refractivity contribution < 1.29 is 14.3 Å². The summed E-state index contributed by atoms with van der Waals surface area (Å²) in [5.74, 6) is -0.254. The van der Waals surface area contributed by atoms with E-state index in [1.54, 1.807) is 43.5 Å². The van der Waals surface area contributed by atoms with Gasteiger partial charge in [0.15, 0.2) is 0 Å². The third kappa shape index (κ3) is 6.80. The summed E-state index contributed by atoms with van der Waals surface area (Å²) in [5.41, 5.74) is 5.53. The van der Waals surface area contributed by atoms with Gasteiger partial charge in [-0.05, 0) is 53.6 Å². The van der Waals surface area contributed by atoms with Crippen molar-refractivity contribution in [2.75, 3.05) is 26.1 Å². The van der Waals surface area contributed by atoms with Crippen LogP contribution in [0.15, 0.2) is 89.7 Å². The van der Waals surface area contributed by atoms with E-state index < -0.39 is 11.8 Å². The van der Waals surface area contributed by atoms with Crippen LogP contribution < -0.4 is 20.4 Å². The molecule has 3 rings (SSSR count). The molecule has 0 unspecified atom stereocenters. The second-order valence-corrected chi connectivity index (χ2v) is 7.34. The van der Waals surface area contributed by atoms with E-state index in [0.717, 1.165) is 16.8 Å². The molecule has 0 aliphatic heterocycles. The molecule has 3 aromatic carbocycles. The van der Waals surface area contributed by atoms with E-state index in [1.165, 1.54) is 6.21 Å². The average molecular weight is 443 g/mol. The van der Waals surface area contributed by atoms with Crippen LogP contribution in [0, 0.1) is 0 Å². The summed E-state index contributed by atoms with van der Waals surface area (Å²) < 4.78 is 5.19. The Morgan fingerprint density at radius 1 is 0.909 bits per heavy atom. The van der Waals surface area contributed by atoms with Gasteiger partial charge in [0.2, 0.25) is 0 Å². The van der Waals surface area contributed by atoms with Crippen LogP contribution >= 0.6 is 0 Å². The number of hydrazone groups is 1. The summed E-state index contributed by atoms with van der Waals surface area (Å²) in [6, 6.07) is 23.6. The lowest BCUT2D eigenvalue weighted by Crippen LogP contribution is -2.32. The van der Waals surface area contributed by atoms with Crippen LogP contribution in [0.25, 0.3) is 6.08 Å². The maximum absolute atomic E-state index is 12.9. The first-order chi connectivity index (χ1) is 16.0. The molecule has 7 heteroatoms. The van der Waals surface area contributed by atoms with Crippen molar-refractivity contribution >= 4 is 29.8 Å². The zero-order valence-electron chi connectivity index (χ0n) is 18.8. The molecule has 0 bridgehead atoms.